The second kappa shape index (κ2) is 11.2. The standard InChI is InChI=1S/2C7H13NO2.H2O/c2*9-7(10)8-6-4-2-1-3-5-6;/h2*6,8H,1-5H2,(H,9,10);1H2. The number of hydrogen-bond acceptors (Lipinski definition) is 2. The summed E-state index contributed by atoms with van der Waals surface area (Å²) in [6.07, 6.45) is 9.53. The molecule has 0 aromatic carbocycles. The molecule has 2 aliphatic carbocycles. The van der Waals surface area contributed by atoms with Crippen LogP contribution in [-0.4, -0.2) is 40.0 Å². The smallest absolute Gasteiger partial charge is 0.404 e. The van der Waals surface area contributed by atoms with Gasteiger partial charge in [-0.3, -0.25) is 0 Å². The van der Waals surface area contributed by atoms with Crippen LogP contribution in [0.1, 0.15) is 64.2 Å². The lowest BCUT2D eigenvalue weighted by Gasteiger charge is -2.20. The van der Waals surface area contributed by atoms with Crippen LogP contribution >= 0.6 is 0 Å². The topological polar surface area (TPSA) is 130 Å². The molecule has 0 aromatic heterocycles. The summed E-state index contributed by atoms with van der Waals surface area (Å²) >= 11 is 0. The highest BCUT2D eigenvalue weighted by Crippen LogP contribution is 2.17. The molecule has 0 bridgehead atoms. The maximum Gasteiger partial charge on any atom is 0.404 e. The van der Waals surface area contributed by atoms with E-state index in [0.29, 0.717) is 0 Å². The lowest BCUT2D eigenvalue weighted by atomic mass is 9.96. The summed E-state index contributed by atoms with van der Waals surface area (Å²) in [7, 11) is 0. The summed E-state index contributed by atoms with van der Waals surface area (Å²) in [6, 6.07) is 0.456. The highest BCUT2D eigenvalue weighted by molar-refractivity contribution is 5.65. The van der Waals surface area contributed by atoms with Crippen molar-refractivity contribution < 1.29 is 25.3 Å². The zero-order valence-corrected chi connectivity index (χ0v) is 12.4. The lowest BCUT2D eigenvalue weighted by molar-refractivity contribution is 0.184. The van der Waals surface area contributed by atoms with Gasteiger partial charge in [-0.1, -0.05) is 38.5 Å². The Hall–Kier alpha value is -1.50. The number of hydrogen-bond donors (Lipinski definition) is 4. The number of rotatable bonds is 2. The molecule has 2 rings (SSSR count). The summed E-state index contributed by atoms with van der Waals surface area (Å²) < 4.78 is 0. The molecule has 124 valence electrons. The Morgan fingerprint density at radius 3 is 1.19 bits per heavy atom. The van der Waals surface area contributed by atoms with Crippen LogP contribution in [0, 0.1) is 0 Å². The van der Waals surface area contributed by atoms with Crippen molar-refractivity contribution >= 4 is 12.2 Å². The molecule has 0 spiro atoms. The van der Waals surface area contributed by atoms with Gasteiger partial charge in [0.05, 0.1) is 0 Å². The van der Waals surface area contributed by atoms with Crippen LogP contribution in [0.2, 0.25) is 0 Å². The van der Waals surface area contributed by atoms with Crippen LogP contribution in [0.3, 0.4) is 0 Å². The monoisotopic (exact) mass is 304 g/mol. The zero-order valence-electron chi connectivity index (χ0n) is 12.4. The SMILES string of the molecule is O.O=C(O)NC1CCCCC1.O=C(O)NC1CCCCC1. The highest BCUT2D eigenvalue weighted by atomic mass is 16.4. The molecular formula is C14H28N2O5. The van der Waals surface area contributed by atoms with Gasteiger partial charge in [0.25, 0.3) is 0 Å². The Morgan fingerprint density at radius 2 is 0.952 bits per heavy atom. The Kier molecular flexibility index (Phi) is 10.4. The molecule has 0 aromatic rings. The normalized spacial score (nSPS) is 19.4. The van der Waals surface area contributed by atoms with Gasteiger partial charge in [0.15, 0.2) is 0 Å². The van der Waals surface area contributed by atoms with Gasteiger partial charge < -0.3 is 26.3 Å². The second-order valence-electron chi connectivity index (χ2n) is 5.57. The number of carbonyl (C=O) groups is 2. The first kappa shape index (κ1) is 19.5. The van der Waals surface area contributed by atoms with Gasteiger partial charge in [-0.25, -0.2) is 9.59 Å². The van der Waals surface area contributed by atoms with E-state index in [1.54, 1.807) is 0 Å². The van der Waals surface area contributed by atoms with E-state index in [0.717, 1.165) is 25.7 Å². The fraction of sp³-hybridized carbons (Fsp3) is 0.857. The molecule has 0 aliphatic heterocycles. The van der Waals surface area contributed by atoms with Crippen molar-refractivity contribution in [1.29, 1.82) is 0 Å². The molecule has 0 heterocycles. The van der Waals surface area contributed by atoms with Gasteiger partial charge in [0.2, 0.25) is 0 Å². The predicted molar refractivity (Wildman–Crippen MR) is 79.7 cm³/mol. The molecule has 2 fully saturated rings. The molecule has 7 heteroatoms. The average Bonchev–Trinajstić information content (AvgIpc) is 2.40. The summed E-state index contributed by atoms with van der Waals surface area (Å²) in [6.45, 7) is 0. The predicted octanol–water partition coefficient (Wildman–Crippen LogP) is 2.35. The van der Waals surface area contributed by atoms with Gasteiger partial charge in [-0.05, 0) is 25.7 Å². The second-order valence-corrected chi connectivity index (χ2v) is 5.57. The molecule has 0 unspecified atom stereocenters. The van der Waals surface area contributed by atoms with Crippen LogP contribution in [-0.2, 0) is 0 Å². The molecule has 2 saturated carbocycles. The zero-order chi connectivity index (χ0) is 14.8. The summed E-state index contributed by atoms with van der Waals surface area (Å²) in [4.78, 5) is 20.3. The minimum Gasteiger partial charge on any atom is -0.465 e. The van der Waals surface area contributed by atoms with Crippen LogP contribution in [0.5, 0.6) is 0 Å². The van der Waals surface area contributed by atoms with Crippen molar-refractivity contribution in [1.82, 2.24) is 10.6 Å². The van der Waals surface area contributed by atoms with Crippen molar-refractivity contribution in [2.45, 2.75) is 76.3 Å². The molecule has 2 amide bonds. The van der Waals surface area contributed by atoms with E-state index in [4.69, 9.17) is 10.2 Å². The van der Waals surface area contributed by atoms with E-state index in [1.807, 2.05) is 0 Å². The number of amides is 2. The minimum absolute atomic E-state index is 0. The average molecular weight is 304 g/mol. The van der Waals surface area contributed by atoms with E-state index in [9.17, 15) is 9.59 Å². The maximum atomic E-state index is 10.2. The first-order valence-corrected chi connectivity index (χ1v) is 7.57. The van der Waals surface area contributed by atoms with Crippen LogP contribution < -0.4 is 10.6 Å². The van der Waals surface area contributed by atoms with Gasteiger partial charge >= 0.3 is 12.2 Å². The van der Waals surface area contributed by atoms with Crippen molar-refractivity contribution in [3.05, 3.63) is 0 Å². The van der Waals surface area contributed by atoms with Gasteiger partial charge in [0, 0.05) is 12.1 Å². The number of nitrogens with one attached hydrogen (secondary N) is 2. The lowest BCUT2D eigenvalue weighted by Crippen LogP contribution is -2.34. The van der Waals surface area contributed by atoms with Crippen LogP contribution in [0.15, 0.2) is 0 Å². The van der Waals surface area contributed by atoms with E-state index >= 15 is 0 Å². The Morgan fingerprint density at radius 1 is 0.667 bits per heavy atom. The Bertz CT molecular complexity index is 270. The van der Waals surface area contributed by atoms with E-state index < -0.39 is 12.2 Å². The third-order valence-corrected chi connectivity index (χ3v) is 3.87. The molecule has 0 radical (unpaired) electrons. The van der Waals surface area contributed by atoms with Crippen molar-refractivity contribution in [2.24, 2.45) is 0 Å². The fourth-order valence-corrected chi connectivity index (χ4v) is 2.84. The molecule has 2 aliphatic rings. The van der Waals surface area contributed by atoms with E-state index in [1.165, 1.54) is 38.5 Å². The minimum atomic E-state index is -0.882. The summed E-state index contributed by atoms with van der Waals surface area (Å²) in [5.41, 5.74) is 0. The van der Waals surface area contributed by atoms with Gasteiger partial charge in [-0.15, -0.1) is 0 Å². The maximum absolute atomic E-state index is 10.2. The van der Waals surface area contributed by atoms with Gasteiger partial charge in [0.1, 0.15) is 0 Å². The van der Waals surface area contributed by atoms with Crippen molar-refractivity contribution in [3.8, 4) is 0 Å². The summed E-state index contributed by atoms with van der Waals surface area (Å²) in [5.74, 6) is 0. The van der Waals surface area contributed by atoms with Crippen LogP contribution in [0.4, 0.5) is 9.59 Å². The van der Waals surface area contributed by atoms with Gasteiger partial charge in [-0.2, -0.15) is 0 Å². The number of carboxylic acid groups (broad SMARTS) is 2. The first-order valence-electron chi connectivity index (χ1n) is 7.57. The van der Waals surface area contributed by atoms with E-state index in [2.05, 4.69) is 10.6 Å². The molecule has 21 heavy (non-hydrogen) atoms. The van der Waals surface area contributed by atoms with Crippen molar-refractivity contribution in [2.75, 3.05) is 0 Å². The fourth-order valence-electron chi connectivity index (χ4n) is 2.84. The third-order valence-electron chi connectivity index (χ3n) is 3.87. The molecule has 0 atom stereocenters. The molecule has 7 nitrogen and oxygen atoms in total. The van der Waals surface area contributed by atoms with E-state index in [-0.39, 0.29) is 17.6 Å². The third kappa shape index (κ3) is 9.95. The van der Waals surface area contributed by atoms with Crippen LogP contribution in [0.25, 0.3) is 0 Å². The Balaban J connectivity index is 0.000000364. The molecule has 0 saturated heterocycles. The Labute approximate surface area is 125 Å². The highest BCUT2D eigenvalue weighted by Gasteiger charge is 2.14. The summed E-state index contributed by atoms with van der Waals surface area (Å²) in [5, 5.41) is 21.7. The first-order chi connectivity index (χ1) is 9.58. The quantitative estimate of drug-likeness (QED) is 0.623. The largest absolute Gasteiger partial charge is 0.465 e. The molecular weight excluding hydrogens is 276 g/mol. The molecule has 6 N–H and O–H groups in total. The van der Waals surface area contributed by atoms with Crippen molar-refractivity contribution in [3.63, 3.8) is 0 Å².